The van der Waals surface area contributed by atoms with Crippen molar-refractivity contribution in [2.75, 3.05) is 0 Å². The predicted molar refractivity (Wildman–Crippen MR) is 143 cm³/mol. The Morgan fingerprint density at radius 3 is 1.00 bits per heavy atom. The summed E-state index contributed by atoms with van der Waals surface area (Å²) in [5.74, 6) is 0. The first-order valence-corrected chi connectivity index (χ1v) is 13.4. The van der Waals surface area contributed by atoms with Gasteiger partial charge >= 0.3 is 0 Å². The summed E-state index contributed by atoms with van der Waals surface area (Å²) in [5, 5.41) is 0. The third kappa shape index (κ3) is 7.81. The lowest BCUT2D eigenvalue weighted by Gasteiger charge is -2.03. The van der Waals surface area contributed by atoms with Gasteiger partial charge in [0.25, 0.3) is 0 Å². The molecule has 0 radical (unpaired) electrons. The maximum Gasteiger partial charge on any atom is 0.171 e. The minimum absolute atomic E-state index is 1.06. The molecule has 0 aliphatic heterocycles. The fraction of sp³-hybridized carbons (Fsp3) is 0.375. The minimum atomic E-state index is 1.06. The minimum Gasteiger partial charge on any atom is -0.205 e. The molecule has 4 aromatic heterocycles. The molecule has 0 atom stereocenters. The molecule has 0 saturated heterocycles. The summed E-state index contributed by atoms with van der Waals surface area (Å²) < 4.78 is 9.24. The van der Waals surface area contributed by atoms with Gasteiger partial charge < -0.3 is 0 Å². The molecule has 0 saturated carbocycles. The van der Waals surface area contributed by atoms with E-state index in [2.05, 4.69) is 132 Å². The van der Waals surface area contributed by atoms with E-state index in [0.29, 0.717) is 0 Å². The average Bonchev–Trinajstić information content (AvgIpc) is 2.84. The zero-order valence-electron chi connectivity index (χ0n) is 22.5. The highest BCUT2D eigenvalue weighted by molar-refractivity contribution is 5.60. The van der Waals surface area contributed by atoms with E-state index in [1.54, 1.807) is 0 Å². The molecule has 0 fully saturated rings. The van der Waals surface area contributed by atoms with Crippen molar-refractivity contribution in [2.45, 2.75) is 79.6 Å². The van der Waals surface area contributed by atoms with Crippen LogP contribution in [-0.4, -0.2) is 0 Å². The van der Waals surface area contributed by atoms with Crippen LogP contribution in [0.2, 0.25) is 0 Å². The molecule has 36 heavy (non-hydrogen) atoms. The third-order valence-corrected chi connectivity index (χ3v) is 6.67. The zero-order valence-corrected chi connectivity index (χ0v) is 22.5. The second-order valence-corrected chi connectivity index (χ2v) is 10.3. The number of pyridine rings is 4. The predicted octanol–water partition coefficient (Wildman–Crippen LogP) is 4.70. The van der Waals surface area contributed by atoms with Crippen LogP contribution in [0.4, 0.5) is 0 Å². The summed E-state index contributed by atoms with van der Waals surface area (Å²) in [6.45, 7) is 12.9. The topological polar surface area (TPSA) is 15.5 Å². The molecule has 4 aromatic rings. The quantitative estimate of drug-likeness (QED) is 0.218. The highest BCUT2D eigenvalue weighted by Crippen LogP contribution is 2.15. The van der Waals surface area contributed by atoms with Crippen LogP contribution in [-0.2, 0) is 26.2 Å². The van der Waals surface area contributed by atoms with Gasteiger partial charge in [0, 0.05) is 72.2 Å². The monoisotopic (exact) mass is 482 g/mol. The Kier molecular flexibility index (Phi) is 8.94. The maximum atomic E-state index is 2.32. The Bertz CT molecular complexity index is 1120. The summed E-state index contributed by atoms with van der Waals surface area (Å²) in [4.78, 5) is 0. The number of hydrogen-bond donors (Lipinski definition) is 0. The van der Waals surface area contributed by atoms with Crippen molar-refractivity contribution in [1.29, 1.82) is 0 Å². The number of rotatable bonds is 11. The van der Waals surface area contributed by atoms with E-state index in [-0.39, 0.29) is 0 Å². The van der Waals surface area contributed by atoms with Gasteiger partial charge in [0.05, 0.1) is 0 Å². The summed E-state index contributed by atoms with van der Waals surface area (Å²) in [6.07, 6.45) is 22.5. The Labute approximate surface area is 217 Å². The lowest BCUT2D eigenvalue weighted by atomic mass is 10.1. The second-order valence-electron chi connectivity index (χ2n) is 10.3. The van der Waals surface area contributed by atoms with Crippen molar-refractivity contribution < 1.29 is 18.3 Å². The first kappa shape index (κ1) is 25.7. The molecule has 0 aliphatic carbocycles. The largest absolute Gasteiger partial charge is 0.205 e. The van der Waals surface area contributed by atoms with Crippen molar-refractivity contribution in [3.63, 3.8) is 0 Å². The van der Waals surface area contributed by atoms with Gasteiger partial charge in [-0.3, -0.25) is 0 Å². The van der Waals surface area contributed by atoms with E-state index in [1.807, 2.05) is 0 Å². The van der Waals surface area contributed by atoms with Crippen molar-refractivity contribution >= 4 is 0 Å². The van der Waals surface area contributed by atoms with Crippen LogP contribution in [0.1, 0.15) is 47.9 Å². The molecule has 4 rings (SSSR count). The Balaban J connectivity index is 1.20. The Morgan fingerprint density at radius 1 is 0.417 bits per heavy atom. The van der Waals surface area contributed by atoms with Gasteiger partial charge in [0.1, 0.15) is 26.2 Å². The van der Waals surface area contributed by atoms with E-state index in [1.165, 1.54) is 59.1 Å². The molecular weight excluding hydrogens is 440 g/mol. The second kappa shape index (κ2) is 12.5. The summed E-state index contributed by atoms with van der Waals surface area (Å²) in [6, 6.07) is 13.4. The number of unbranched alkanes of at least 4 members (excludes halogenated alkanes) is 2. The maximum absolute atomic E-state index is 2.32. The van der Waals surface area contributed by atoms with Crippen LogP contribution in [0.15, 0.2) is 86.0 Å². The van der Waals surface area contributed by atoms with E-state index in [9.17, 15) is 0 Å². The van der Waals surface area contributed by atoms with Gasteiger partial charge in [0.15, 0.2) is 49.6 Å². The molecule has 4 heterocycles. The van der Waals surface area contributed by atoms with E-state index in [4.69, 9.17) is 0 Å². The van der Waals surface area contributed by atoms with Crippen molar-refractivity contribution in [3.8, 4) is 11.1 Å². The number of aromatic nitrogens is 4. The normalized spacial score (nSPS) is 11.1. The molecule has 4 nitrogen and oxygen atoms in total. The van der Waals surface area contributed by atoms with Crippen LogP contribution in [0.3, 0.4) is 0 Å². The Hall–Kier alpha value is -3.40. The molecule has 0 amide bonds. The number of hydrogen-bond acceptors (Lipinski definition) is 0. The molecule has 0 aromatic carbocycles. The highest BCUT2D eigenvalue weighted by Gasteiger charge is 2.09. The summed E-state index contributed by atoms with van der Waals surface area (Å²) in [7, 11) is 0. The lowest BCUT2D eigenvalue weighted by molar-refractivity contribution is -0.708. The van der Waals surface area contributed by atoms with Crippen LogP contribution in [0.5, 0.6) is 0 Å². The van der Waals surface area contributed by atoms with Crippen LogP contribution in [0.25, 0.3) is 11.1 Å². The van der Waals surface area contributed by atoms with Gasteiger partial charge in [-0.05, 0) is 51.0 Å². The standard InChI is InChI=1S/C32H42N4/c1-27-21-28(2)24-35(23-27)15-7-5-13-33-17-9-31(10-18-33)32-11-19-34(20-12-32)14-6-8-16-36-25-29(3)22-30(4)26-36/h9-12,17-26H,5-8,13-16H2,1-4H3/q+4. The van der Waals surface area contributed by atoms with E-state index < -0.39 is 0 Å². The van der Waals surface area contributed by atoms with Crippen molar-refractivity contribution in [2.24, 2.45) is 0 Å². The van der Waals surface area contributed by atoms with Crippen LogP contribution in [0, 0.1) is 27.7 Å². The summed E-state index contributed by atoms with van der Waals surface area (Å²) >= 11 is 0. The zero-order chi connectivity index (χ0) is 25.3. The van der Waals surface area contributed by atoms with Crippen molar-refractivity contribution in [3.05, 3.63) is 108 Å². The van der Waals surface area contributed by atoms with Gasteiger partial charge in [-0.1, -0.05) is 0 Å². The molecule has 0 unspecified atom stereocenters. The molecule has 186 valence electrons. The molecule has 0 N–H and O–H groups in total. The van der Waals surface area contributed by atoms with Gasteiger partial charge in [-0.15, -0.1) is 0 Å². The molecular formula is C32H42N4+4. The third-order valence-electron chi connectivity index (χ3n) is 6.67. The van der Waals surface area contributed by atoms with Gasteiger partial charge in [-0.25, -0.2) is 18.3 Å². The SMILES string of the molecule is Cc1cc(C)c[n+](CCCC[n+]2ccc(-c3cc[n+](CCCC[n+]4cc(C)cc(C)c4)cc3)cc2)c1. The van der Waals surface area contributed by atoms with E-state index in [0.717, 1.165) is 26.2 Å². The first-order valence-electron chi connectivity index (χ1n) is 13.4. The van der Waals surface area contributed by atoms with Gasteiger partial charge in [-0.2, -0.15) is 0 Å². The molecule has 0 spiro atoms. The lowest BCUT2D eigenvalue weighted by Crippen LogP contribution is -2.36. The average molecular weight is 483 g/mol. The van der Waals surface area contributed by atoms with Crippen molar-refractivity contribution in [1.82, 2.24) is 0 Å². The Morgan fingerprint density at radius 2 is 0.694 bits per heavy atom. The van der Waals surface area contributed by atoms with Crippen LogP contribution >= 0.6 is 0 Å². The fourth-order valence-electron chi connectivity index (χ4n) is 5.02. The first-order chi connectivity index (χ1) is 17.4. The number of aryl methyl sites for hydroxylation is 8. The molecule has 0 bridgehead atoms. The summed E-state index contributed by atoms with van der Waals surface area (Å²) in [5.41, 5.74) is 7.88. The van der Waals surface area contributed by atoms with Gasteiger partial charge in [0.2, 0.25) is 0 Å². The molecule has 4 heteroatoms. The smallest absolute Gasteiger partial charge is 0.171 e. The number of nitrogens with zero attached hydrogens (tertiary/aromatic N) is 4. The van der Waals surface area contributed by atoms with Crippen LogP contribution < -0.4 is 18.3 Å². The highest BCUT2D eigenvalue weighted by atomic mass is 14.9. The fourth-order valence-corrected chi connectivity index (χ4v) is 5.02. The molecule has 0 aliphatic rings. The van der Waals surface area contributed by atoms with E-state index >= 15 is 0 Å².